The zero-order valence-electron chi connectivity index (χ0n) is 13.1. The van der Waals surface area contributed by atoms with Crippen molar-refractivity contribution >= 4 is 5.91 Å². The molecule has 1 fully saturated rings. The number of benzene rings is 2. The van der Waals surface area contributed by atoms with Crippen LogP contribution < -0.4 is 0 Å². The number of morpholine rings is 1. The number of carbonyl (C=O) groups excluding carboxylic acids is 1. The zero-order chi connectivity index (χ0) is 16.2. The summed E-state index contributed by atoms with van der Waals surface area (Å²) < 4.78 is 5.58. The number of ether oxygens (including phenoxy) is 1. The van der Waals surface area contributed by atoms with Gasteiger partial charge in [-0.15, -0.1) is 0 Å². The van der Waals surface area contributed by atoms with Crippen molar-refractivity contribution in [2.75, 3.05) is 13.2 Å². The SMILES string of the molecule is C[C@@H](c1ccccc1)N1CCO[C@H]([C@H](O)c2ccccc2)C1=O. The van der Waals surface area contributed by atoms with Crippen molar-refractivity contribution in [1.82, 2.24) is 4.90 Å². The average Bonchev–Trinajstić information content (AvgIpc) is 2.62. The molecular formula is C19H21NO3. The first kappa shape index (κ1) is 15.7. The second-order valence-electron chi connectivity index (χ2n) is 5.77. The Morgan fingerprint density at radius 3 is 2.22 bits per heavy atom. The van der Waals surface area contributed by atoms with E-state index in [2.05, 4.69) is 0 Å². The van der Waals surface area contributed by atoms with Gasteiger partial charge in [0.05, 0.1) is 12.6 Å². The fourth-order valence-electron chi connectivity index (χ4n) is 2.97. The Kier molecular flexibility index (Phi) is 4.74. The highest BCUT2D eigenvalue weighted by Crippen LogP contribution is 2.28. The number of aliphatic hydroxyl groups excluding tert-OH is 1. The van der Waals surface area contributed by atoms with E-state index in [0.717, 1.165) is 5.56 Å². The summed E-state index contributed by atoms with van der Waals surface area (Å²) in [5, 5.41) is 10.5. The molecule has 120 valence electrons. The molecule has 3 rings (SSSR count). The maximum absolute atomic E-state index is 12.8. The van der Waals surface area contributed by atoms with Crippen LogP contribution in [0.5, 0.6) is 0 Å². The van der Waals surface area contributed by atoms with Crippen molar-refractivity contribution in [3.8, 4) is 0 Å². The fourth-order valence-corrected chi connectivity index (χ4v) is 2.97. The van der Waals surface area contributed by atoms with E-state index < -0.39 is 12.2 Å². The Balaban J connectivity index is 1.79. The predicted octanol–water partition coefficient (Wildman–Crippen LogP) is 2.71. The van der Waals surface area contributed by atoms with Gasteiger partial charge in [-0.3, -0.25) is 4.79 Å². The van der Waals surface area contributed by atoms with Crippen molar-refractivity contribution < 1.29 is 14.6 Å². The number of amides is 1. The van der Waals surface area contributed by atoms with Crippen LogP contribution in [0.2, 0.25) is 0 Å². The summed E-state index contributed by atoms with van der Waals surface area (Å²) in [6.45, 7) is 2.97. The zero-order valence-corrected chi connectivity index (χ0v) is 13.1. The number of hydrogen-bond donors (Lipinski definition) is 1. The summed E-state index contributed by atoms with van der Waals surface area (Å²) in [7, 11) is 0. The summed E-state index contributed by atoms with van der Waals surface area (Å²) in [5.74, 6) is -0.163. The standard InChI is InChI=1S/C19H21NO3/c1-14(15-8-4-2-5-9-15)20-12-13-23-18(19(20)22)17(21)16-10-6-3-7-11-16/h2-11,14,17-18,21H,12-13H2,1H3/t14-,17+,18+/m0/s1. The van der Waals surface area contributed by atoms with Crippen molar-refractivity contribution in [3.05, 3.63) is 71.8 Å². The largest absolute Gasteiger partial charge is 0.385 e. The van der Waals surface area contributed by atoms with Crippen LogP contribution in [0, 0.1) is 0 Å². The van der Waals surface area contributed by atoms with Gasteiger partial charge in [0.15, 0.2) is 6.10 Å². The van der Waals surface area contributed by atoms with E-state index in [0.29, 0.717) is 18.7 Å². The molecule has 0 saturated carbocycles. The first-order valence-electron chi connectivity index (χ1n) is 7.88. The van der Waals surface area contributed by atoms with Gasteiger partial charge in [-0.1, -0.05) is 60.7 Å². The lowest BCUT2D eigenvalue weighted by Gasteiger charge is -2.38. The van der Waals surface area contributed by atoms with Gasteiger partial charge in [0.1, 0.15) is 6.10 Å². The van der Waals surface area contributed by atoms with E-state index in [-0.39, 0.29) is 11.9 Å². The quantitative estimate of drug-likeness (QED) is 0.944. The molecule has 1 N–H and O–H groups in total. The third-order valence-electron chi connectivity index (χ3n) is 4.33. The second-order valence-corrected chi connectivity index (χ2v) is 5.77. The molecule has 1 saturated heterocycles. The van der Waals surface area contributed by atoms with Gasteiger partial charge in [0.25, 0.3) is 5.91 Å². The molecule has 1 amide bonds. The van der Waals surface area contributed by atoms with Gasteiger partial charge in [-0.05, 0) is 18.1 Å². The van der Waals surface area contributed by atoms with Crippen LogP contribution in [-0.2, 0) is 9.53 Å². The maximum Gasteiger partial charge on any atom is 0.255 e. The molecule has 0 radical (unpaired) electrons. The van der Waals surface area contributed by atoms with E-state index >= 15 is 0 Å². The smallest absolute Gasteiger partial charge is 0.255 e. The summed E-state index contributed by atoms with van der Waals surface area (Å²) in [4.78, 5) is 14.6. The maximum atomic E-state index is 12.8. The van der Waals surface area contributed by atoms with Crippen molar-refractivity contribution in [2.45, 2.75) is 25.2 Å². The van der Waals surface area contributed by atoms with Crippen LogP contribution in [0.1, 0.15) is 30.2 Å². The van der Waals surface area contributed by atoms with Gasteiger partial charge in [-0.25, -0.2) is 0 Å². The van der Waals surface area contributed by atoms with Gasteiger partial charge >= 0.3 is 0 Å². The summed E-state index contributed by atoms with van der Waals surface area (Å²) in [6, 6.07) is 19.0. The summed E-state index contributed by atoms with van der Waals surface area (Å²) in [6.07, 6.45) is -1.80. The fraction of sp³-hybridized carbons (Fsp3) is 0.316. The lowest BCUT2D eigenvalue weighted by molar-refractivity contribution is -0.166. The topological polar surface area (TPSA) is 49.8 Å². The number of carbonyl (C=O) groups is 1. The van der Waals surface area contributed by atoms with Crippen LogP contribution in [0.25, 0.3) is 0 Å². The van der Waals surface area contributed by atoms with Crippen LogP contribution in [-0.4, -0.2) is 35.2 Å². The molecule has 3 atom stereocenters. The monoisotopic (exact) mass is 311 g/mol. The molecule has 1 aliphatic heterocycles. The summed E-state index contributed by atoms with van der Waals surface area (Å²) >= 11 is 0. The number of nitrogens with zero attached hydrogens (tertiary/aromatic N) is 1. The minimum atomic E-state index is -0.950. The van der Waals surface area contributed by atoms with Gasteiger partial charge in [0.2, 0.25) is 0 Å². The molecule has 0 spiro atoms. The lowest BCUT2D eigenvalue weighted by atomic mass is 10.00. The van der Waals surface area contributed by atoms with Crippen LogP contribution in [0.3, 0.4) is 0 Å². The van der Waals surface area contributed by atoms with Gasteiger partial charge in [0, 0.05) is 6.54 Å². The van der Waals surface area contributed by atoms with E-state index in [1.165, 1.54) is 0 Å². The Morgan fingerprint density at radius 2 is 1.61 bits per heavy atom. The van der Waals surface area contributed by atoms with Gasteiger partial charge < -0.3 is 14.7 Å². The third-order valence-corrected chi connectivity index (χ3v) is 4.33. The number of aliphatic hydroxyl groups is 1. The number of rotatable bonds is 4. The molecule has 4 nitrogen and oxygen atoms in total. The highest BCUT2D eigenvalue weighted by atomic mass is 16.5. The molecule has 2 aromatic carbocycles. The average molecular weight is 311 g/mol. The molecular weight excluding hydrogens is 290 g/mol. The minimum absolute atomic E-state index is 0.0435. The molecule has 23 heavy (non-hydrogen) atoms. The lowest BCUT2D eigenvalue weighted by Crippen LogP contribution is -2.50. The van der Waals surface area contributed by atoms with E-state index in [4.69, 9.17) is 4.74 Å². The predicted molar refractivity (Wildman–Crippen MR) is 87.7 cm³/mol. The Labute approximate surface area is 136 Å². The first-order chi connectivity index (χ1) is 11.2. The van der Waals surface area contributed by atoms with Crippen LogP contribution in [0.15, 0.2) is 60.7 Å². The summed E-state index contributed by atoms with van der Waals surface area (Å²) in [5.41, 5.74) is 1.77. The Morgan fingerprint density at radius 1 is 1.04 bits per heavy atom. The minimum Gasteiger partial charge on any atom is -0.385 e. The second kappa shape index (κ2) is 6.94. The molecule has 0 aliphatic carbocycles. The van der Waals surface area contributed by atoms with Crippen LogP contribution in [0.4, 0.5) is 0 Å². The molecule has 2 aromatic rings. The van der Waals surface area contributed by atoms with Crippen molar-refractivity contribution in [2.24, 2.45) is 0 Å². The number of hydrogen-bond acceptors (Lipinski definition) is 3. The Hall–Kier alpha value is -2.17. The molecule has 1 aliphatic rings. The highest BCUT2D eigenvalue weighted by Gasteiger charge is 2.37. The van der Waals surface area contributed by atoms with Gasteiger partial charge in [-0.2, -0.15) is 0 Å². The van der Waals surface area contributed by atoms with E-state index in [1.54, 1.807) is 17.0 Å². The van der Waals surface area contributed by atoms with Crippen LogP contribution >= 0.6 is 0 Å². The molecule has 0 bridgehead atoms. The molecule has 4 heteroatoms. The molecule has 0 unspecified atom stereocenters. The van der Waals surface area contributed by atoms with Crippen molar-refractivity contribution in [3.63, 3.8) is 0 Å². The molecule has 0 aromatic heterocycles. The molecule has 1 heterocycles. The van der Waals surface area contributed by atoms with Crippen molar-refractivity contribution in [1.29, 1.82) is 0 Å². The highest BCUT2D eigenvalue weighted by molar-refractivity contribution is 5.82. The first-order valence-corrected chi connectivity index (χ1v) is 7.88. The van der Waals surface area contributed by atoms with E-state index in [1.807, 2.05) is 55.5 Å². The van der Waals surface area contributed by atoms with E-state index in [9.17, 15) is 9.90 Å². The third kappa shape index (κ3) is 3.28. The normalized spacial score (nSPS) is 21.0. The Bertz CT molecular complexity index is 589.